The third-order valence-corrected chi connectivity index (χ3v) is 5.69. The topological polar surface area (TPSA) is 77.8 Å². The second-order valence-corrected chi connectivity index (χ2v) is 7.69. The summed E-state index contributed by atoms with van der Waals surface area (Å²) in [5, 5.41) is 2.85. The van der Waals surface area contributed by atoms with Gasteiger partial charge >= 0.3 is 5.97 Å². The van der Waals surface area contributed by atoms with E-state index in [0.29, 0.717) is 24.2 Å². The van der Waals surface area contributed by atoms with Crippen LogP contribution in [0.3, 0.4) is 0 Å². The minimum absolute atomic E-state index is 0.149. The van der Waals surface area contributed by atoms with Crippen molar-refractivity contribution in [3.05, 3.63) is 78.3 Å². The van der Waals surface area contributed by atoms with Gasteiger partial charge in [-0.15, -0.1) is 0 Å². The Labute approximate surface area is 181 Å². The molecule has 0 radical (unpaired) electrons. The lowest BCUT2D eigenvalue weighted by Crippen LogP contribution is -2.53. The van der Waals surface area contributed by atoms with Crippen LogP contribution in [-0.4, -0.2) is 24.5 Å². The summed E-state index contributed by atoms with van der Waals surface area (Å²) in [6, 6.07) is 19.6. The van der Waals surface area contributed by atoms with Gasteiger partial charge in [-0.3, -0.25) is 4.79 Å². The van der Waals surface area contributed by atoms with Crippen LogP contribution in [-0.2, 0) is 16.1 Å². The number of rotatable bonds is 7. The number of carbonyl (C=O) groups excluding carboxylic acids is 2. The number of hydrogen-bond donors (Lipinski definition) is 1. The fraction of sp³-hybridized carbons (Fsp3) is 0.280. The molecule has 0 bridgehead atoms. The van der Waals surface area contributed by atoms with Crippen LogP contribution in [0.25, 0.3) is 11.1 Å². The standard InChI is InChI=1S/C25H25NO5/c1-29-24(28)25(14-5-6-15-25)26-23(27)22-20(13-16-30-22)17-31-21-11-9-19(10-12-21)18-7-3-2-4-8-18/h2-4,7-13,16H,5-6,14-15,17H2,1H3,(H,26,27). The Morgan fingerprint density at radius 2 is 1.65 bits per heavy atom. The first-order valence-corrected chi connectivity index (χ1v) is 10.4. The molecule has 0 aliphatic heterocycles. The highest BCUT2D eigenvalue weighted by atomic mass is 16.5. The predicted octanol–water partition coefficient (Wildman–Crippen LogP) is 4.74. The van der Waals surface area contributed by atoms with Crippen LogP contribution in [0.4, 0.5) is 0 Å². The molecule has 160 valence electrons. The summed E-state index contributed by atoms with van der Waals surface area (Å²) in [6.07, 6.45) is 4.30. The molecule has 1 aromatic heterocycles. The van der Waals surface area contributed by atoms with Crippen LogP contribution >= 0.6 is 0 Å². The molecule has 1 amide bonds. The summed E-state index contributed by atoms with van der Waals surface area (Å²) in [6.45, 7) is 0.176. The number of methoxy groups -OCH3 is 1. The number of benzene rings is 2. The molecule has 1 fully saturated rings. The minimum Gasteiger partial charge on any atom is -0.489 e. The van der Waals surface area contributed by atoms with Crippen molar-refractivity contribution in [2.45, 2.75) is 37.8 Å². The monoisotopic (exact) mass is 419 g/mol. The van der Waals surface area contributed by atoms with Crippen molar-refractivity contribution in [2.24, 2.45) is 0 Å². The number of esters is 1. The molecule has 0 unspecified atom stereocenters. The van der Waals surface area contributed by atoms with Gasteiger partial charge in [0.25, 0.3) is 5.91 Å². The van der Waals surface area contributed by atoms with Crippen LogP contribution in [0.5, 0.6) is 5.75 Å². The average Bonchev–Trinajstić information content (AvgIpc) is 3.48. The van der Waals surface area contributed by atoms with Crippen LogP contribution in [0.15, 0.2) is 71.3 Å². The maximum atomic E-state index is 12.9. The van der Waals surface area contributed by atoms with Gasteiger partial charge in [0.2, 0.25) is 0 Å². The molecule has 3 aromatic rings. The first-order valence-electron chi connectivity index (χ1n) is 10.4. The molecule has 1 aliphatic carbocycles. The number of nitrogens with one attached hydrogen (secondary N) is 1. The predicted molar refractivity (Wildman–Crippen MR) is 116 cm³/mol. The van der Waals surface area contributed by atoms with Gasteiger partial charge in [-0.2, -0.15) is 0 Å². The first kappa shape index (κ1) is 20.7. The van der Waals surface area contributed by atoms with Crippen molar-refractivity contribution in [2.75, 3.05) is 7.11 Å². The van der Waals surface area contributed by atoms with Crippen molar-refractivity contribution in [3.63, 3.8) is 0 Å². The second kappa shape index (κ2) is 9.08. The van der Waals surface area contributed by atoms with E-state index in [1.807, 2.05) is 42.5 Å². The van der Waals surface area contributed by atoms with E-state index in [-0.39, 0.29) is 12.4 Å². The molecule has 1 aliphatic rings. The summed E-state index contributed by atoms with van der Waals surface area (Å²) in [7, 11) is 1.34. The van der Waals surface area contributed by atoms with E-state index in [9.17, 15) is 9.59 Å². The maximum Gasteiger partial charge on any atom is 0.331 e. The summed E-state index contributed by atoms with van der Waals surface area (Å²) in [5.74, 6) is -0.0123. The van der Waals surface area contributed by atoms with E-state index in [0.717, 1.165) is 24.0 Å². The summed E-state index contributed by atoms with van der Waals surface area (Å²) < 4.78 is 16.2. The van der Waals surface area contributed by atoms with Gasteiger partial charge in [-0.05, 0) is 42.2 Å². The molecule has 6 heteroatoms. The highest BCUT2D eigenvalue weighted by Crippen LogP contribution is 2.31. The third-order valence-electron chi connectivity index (χ3n) is 5.69. The molecule has 2 aromatic carbocycles. The second-order valence-electron chi connectivity index (χ2n) is 7.69. The zero-order valence-electron chi connectivity index (χ0n) is 17.4. The van der Waals surface area contributed by atoms with Gasteiger partial charge in [-0.1, -0.05) is 55.3 Å². The van der Waals surface area contributed by atoms with E-state index >= 15 is 0 Å². The Bertz CT molecular complexity index is 1030. The normalized spacial score (nSPS) is 14.7. The van der Waals surface area contributed by atoms with Gasteiger partial charge in [0, 0.05) is 5.56 Å². The van der Waals surface area contributed by atoms with Crippen molar-refractivity contribution in [3.8, 4) is 16.9 Å². The van der Waals surface area contributed by atoms with E-state index in [2.05, 4.69) is 17.4 Å². The Balaban J connectivity index is 1.42. The van der Waals surface area contributed by atoms with Crippen LogP contribution in [0.2, 0.25) is 0 Å². The highest BCUT2D eigenvalue weighted by Gasteiger charge is 2.44. The van der Waals surface area contributed by atoms with E-state index < -0.39 is 17.4 Å². The van der Waals surface area contributed by atoms with E-state index in [1.165, 1.54) is 13.4 Å². The molecule has 31 heavy (non-hydrogen) atoms. The molecule has 6 nitrogen and oxygen atoms in total. The van der Waals surface area contributed by atoms with E-state index in [4.69, 9.17) is 13.9 Å². The Hall–Kier alpha value is -3.54. The summed E-state index contributed by atoms with van der Waals surface area (Å²) in [5.41, 5.74) is 1.86. The van der Waals surface area contributed by atoms with Crippen molar-refractivity contribution < 1.29 is 23.5 Å². The van der Waals surface area contributed by atoms with Gasteiger partial charge in [0.05, 0.1) is 13.4 Å². The fourth-order valence-corrected chi connectivity index (χ4v) is 4.01. The Morgan fingerprint density at radius 1 is 0.968 bits per heavy atom. The van der Waals surface area contributed by atoms with Gasteiger partial charge < -0.3 is 19.2 Å². The van der Waals surface area contributed by atoms with Crippen molar-refractivity contribution in [1.29, 1.82) is 0 Å². The molecule has 1 N–H and O–H groups in total. The molecule has 1 saturated carbocycles. The van der Waals surface area contributed by atoms with E-state index in [1.54, 1.807) is 6.07 Å². The number of hydrogen-bond acceptors (Lipinski definition) is 5. The molecular formula is C25H25NO5. The minimum atomic E-state index is -0.982. The van der Waals surface area contributed by atoms with Crippen LogP contribution < -0.4 is 10.1 Å². The van der Waals surface area contributed by atoms with Gasteiger partial charge in [0.15, 0.2) is 5.76 Å². The smallest absolute Gasteiger partial charge is 0.331 e. The Morgan fingerprint density at radius 3 is 2.32 bits per heavy atom. The summed E-state index contributed by atoms with van der Waals surface area (Å²) >= 11 is 0. The SMILES string of the molecule is COC(=O)C1(NC(=O)c2occc2COc2ccc(-c3ccccc3)cc2)CCCC1. The first-order chi connectivity index (χ1) is 15.1. The van der Waals surface area contributed by atoms with Crippen molar-refractivity contribution in [1.82, 2.24) is 5.32 Å². The lowest BCUT2D eigenvalue weighted by atomic mass is 9.97. The quantitative estimate of drug-likeness (QED) is 0.560. The third kappa shape index (κ3) is 4.48. The van der Waals surface area contributed by atoms with Crippen molar-refractivity contribution >= 4 is 11.9 Å². The lowest BCUT2D eigenvalue weighted by Gasteiger charge is -2.26. The molecule has 1 heterocycles. The lowest BCUT2D eigenvalue weighted by molar-refractivity contribution is -0.148. The molecule has 0 saturated heterocycles. The number of amides is 1. The molecule has 4 rings (SSSR count). The zero-order valence-corrected chi connectivity index (χ0v) is 17.4. The highest BCUT2D eigenvalue weighted by molar-refractivity contribution is 5.97. The fourth-order valence-electron chi connectivity index (χ4n) is 4.01. The zero-order chi connectivity index (χ0) is 21.7. The molecule has 0 spiro atoms. The Kier molecular flexibility index (Phi) is 6.07. The summed E-state index contributed by atoms with van der Waals surface area (Å²) in [4.78, 5) is 25.1. The average molecular weight is 419 g/mol. The molecule has 0 atom stereocenters. The number of carbonyl (C=O) groups is 2. The maximum absolute atomic E-state index is 12.9. The van der Waals surface area contributed by atoms with Crippen LogP contribution in [0.1, 0.15) is 41.8 Å². The molecular weight excluding hydrogens is 394 g/mol. The number of furan rings is 1. The van der Waals surface area contributed by atoms with Crippen LogP contribution in [0, 0.1) is 0 Å². The van der Waals surface area contributed by atoms with Gasteiger partial charge in [-0.25, -0.2) is 4.79 Å². The number of ether oxygens (including phenoxy) is 2. The largest absolute Gasteiger partial charge is 0.489 e. The van der Waals surface area contributed by atoms with Gasteiger partial charge in [0.1, 0.15) is 17.9 Å².